The van der Waals surface area contributed by atoms with Crippen molar-refractivity contribution >= 4 is 17.7 Å². The Labute approximate surface area is 136 Å². The Morgan fingerprint density at radius 2 is 1.68 bits per heavy atom. The van der Waals surface area contributed by atoms with Crippen molar-refractivity contribution in [3.8, 4) is 0 Å². The van der Waals surface area contributed by atoms with Crippen molar-refractivity contribution in [3.05, 3.63) is 29.8 Å². The van der Waals surface area contributed by atoms with Crippen LogP contribution >= 0.6 is 0 Å². The zero-order chi connectivity index (χ0) is 17.0. The molecule has 0 aliphatic carbocycles. The quantitative estimate of drug-likeness (QED) is 0.555. The molecule has 0 heterocycles. The van der Waals surface area contributed by atoms with E-state index < -0.39 is 6.09 Å². The molecule has 0 saturated carbocycles. The number of carbonyl (C=O) groups is 2. The largest absolute Gasteiger partial charge is 0.445 e. The van der Waals surface area contributed by atoms with Crippen LogP contribution in [0.15, 0.2) is 24.3 Å². The summed E-state index contributed by atoms with van der Waals surface area (Å²) in [6.45, 7) is 8.52. The van der Waals surface area contributed by atoms with Gasteiger partial charge in [-0.25, -0.2) is 4.79 Å². The third-order valence-electron chi connectivity index (χ3n) is 2.57. The Kier molecular flexibility index (Phi) is 10.3. The average molecular weight is 315 g/mol. The molecule has 1 aromatic carbocycles. The van der Waals surface area contributed by atoms with Crippen LogP contribution in [0.4, 0.5) is 10.5 Å². The molecular formula is C16H33N3O3. The van der Waals surface area contributed by atoms with E-state index in [2.05, 4.69) is 10.6 Å². The topological polar surface area (TPSA) is 93.5 Å². The van der Waals surface area contributed by atoms with E-state index in [-0.39, 0.29) is 22.7 Å². The number of benzene rings is 1. The molecule has 22 heavy (non-hydrogen) atoms. The van der Waals surface area contributed by atoms with E-state index in [1.54, 1.807) is 24.3 Å². The Morgan fingerprint density at radius 3 is 2.23 bits per heavy atom. The highest BCUT2D eigenvalue weighted by Crippen LogP contribution is 2.06. The standard InChI is InChI=1S/C14H21N3O3.C2H6.3H2/c1-10(2)13(18)16-7-8-17-14(19)20-9-11-3-5-12(15)6-4-11;1-2;;;/h3-6,10H,7-9,15H2,1-2H3,(H,16,18)(H,17,19);1-2H3;3*1H. The molecule has 0 spiro atoms. The molecular weight excluding hydrogens is 282 g/mol. The third kappa shape index (κ3) is 8.84. The Morgan fingerprint density at radius 1 is 1.14 bits per heavy atom. The Balaban J connectivity index is -0.000000425. The van der Waals surface area contributed by atoms with Crippen LogP contribution < -0.4 is 16.4 Å². The summed E-state index contributed by atoms with van der Waals surface area (Å²) in [6, 6.07) is 7.09. The second kappa shape index (κ2) is 11.4. The minimum Gasteiger partial charge on any atom is -0.445 e. The molecule has 0 aliphatic heterocycles. The fourth-order valence-electron chi connectivity index (χ4n) is 1.37. The first-order valence-corrected chi connectivity index (χ1v) is 7.52. The maximum Gasteiger partial charge on any atom is 0.407 e. The van der Waals surface area contributed by atoms with Crippen molar-refractivity contribution in [2.75, 3.05) is 18.8 Å². The maximum atomic E-state index is 11.4. The summed E-state index contributed by atoms with van der Waals surface area (Å²) < 4.78 is 5.02. The van der Waals surface area contributed by atoms with Gasteiger partial charge in [0.15, 0.2) is 0 Å². The average Bonchev–Trinajstić information content (AvgIpc) is 2.52. The van der Waals surface area contributed by atoms with Gasteiger partial charge in [-0.1, -0.05) is 39.8 Å². The number of ether oxygens (including phenoxy) is 1. The highest BCUT2D eigenvalue weighted by molar-refractivity contribution is 5.77. The van der Waals surface area contributed by atoms with Gasteiger partial charge in [-0.15, -0.1) is 0 Å². The summed E-state index contributed by atoms with van der Waals surface area (Å²) in [5.41, 5.74) is 7.08. The van der Waals surface area contributed by atoms with Crippen molar-refractivity contribution in [1.82, 2.24) is 10.6 Å². The van der Waals surface area contributed by atoms with E-state index in [4.69, 9.17) is 10.5 Å². The van der Waals surface area contributed by atoms with Gasteiger partial charge in [-0.2, -0.15) is 0 Å². The molecule has 0 saturated heterocycles. The lowest BCUT2D eigenvalue weighted by atomic mass is 10.2. The summed E-state index contributed by atoms with van der Waals surface area (Å²) in [7, 11) is 0. The molecule has 4 N–H and O–H groups in total. The smallest absolute Gasteiger partial charge is 0.407 e. The first-order chi connectivity index (χ1) is 10.5. The molecule has 1 aromatic rings. The lowest BCUT2D eigenvalue weighted by Gasteiger charge is -2.09. The van der Waals surface area contributed by atoms with Gasteiger partial charge in [-0.05, 0) is 17.7 Å². The van der Waals surface area contributed by atoms with Gasteiger partial charge in [0.1, 0.15) is 6.61 Å². The molecule has 0 radical (unpaired) electrons. The molecule has 0 aromatic heterocycles. The van der Waals surface area contributed by atoms with Gasteiger partial charge in [0.05, 0.1) is 0 Å². The van der Waals surface area contributed by atoms with Gasteiger partial charge in [0, 0.05) is 29.0 Å². The van der Waals surface area contributed by atoms with E-state index in [1.807, 2.05) is 27.7 Å². The number of rotatable bonds is 6. The van der Waals surface area contributed by atoms with Gasteiger partial charge in [0.2, 0.25) is 5.91 Å². The summed E-state index contributed by atoms with van der Waals surface area (Å²) in [5, 5.41) is 5.25. The van der Waals surface area contributed by atoms with E-state index in [9.17, 15) is 9.59 Å². The van der Waals surface area contributed by atoms with E-state index in [0.29, 0.717) is 18.8 Å². The molecule has 130 valence electrons. The number of anilines is 1. The number of hydrogen-bond acceptors (Lipinski definition) is 4. The molecule has 0 aliphatic rings. The van der Waals surface area contributed by atoms with Crippen molar-refractivity contribution < 1.29 is 18.6 Å². The normalized spacial score (nSPS) is 9.50. The first kappa shape index (κ1) is 19.8. The predicted octanol–water partition coefficient (Wildman–Crippen LogP) is 3.03. The number of nitrogens with one attached hydrogen (secondary N) is 2. The fraction of sp³-hybridized carbons (Fsp3) is 0.500. The van der Waals surface area contributed by atoms with Crippen molar-refractivity contribution in [2.24, 2.45) is 5.92 Å². The monoisotopic (exact) mass is 315 g/mol. The lowest BCUT2D eigenvalue weighted by Crippen LogP contribution is -2.36. The van der Waals surface area contributed by atoms with E-state index in [0.717, 1.165) is 5.56 Å². The molecule has 6 heteroatoms. The molecule has 0 atom stereocenters. The summed E-state index contributed by atoms with van der Waals surface area (Å²) in [6.07, 6.45) is -0.513. The first-order valence-electron chi connectivity index (χ1n) is 7.52. The highest BCUT2D eigenvalue weighted by atomic mass is 16.5. The van der Waals surface area contributed by atoms with Crippen molar-refractivity contribution in [3.63, 3.8) is 0 Å². The second-order valence-electron chi connectivity index (χ2n) is 4.69. The van der Waals surface area contributed by atoms with Crippen LogP contribution in [0.2, 0.25) is 0 Å². The zero-order valence-electron chi connectivity index (χ0n) is 13.8. The van der Waals surface area contributed by atoms with Crippen LogP contribution in [0.25, 0.3) is 0 Å². The van der Waals surface area contributed by atoms with Crippen molar-refractivity contribution in [2.45, 2.75) is 34.3 Å². The zero-order valence-corrected chi connectivity index (χ0v) is 13.8. The molecule has 6 nitrogen and oxygen atoms in total. The lowest BCUT2D eigenvalue weighted by molar-refractivity contribution is -0.123. The van der Waals surface area contributed by atoms with E-state index >= 15 is 0 Å². The van der Waals surface area contributed by atoms with Crippen LogP contribution in [0.5, 0.6) is 0 Å². The summed E-state index contributed by atoms with van der Waals surface area (Å²) in [4.78, 5) is 22.7. The van der Waals surface area contributed by atoms with Gasteiger partial charge in [0.25, 0.3) is 0 Å². The van der Waals surface area contributed by atoms with Crippen molar-refractivity contribution in [1.29, 1.82) is 0 Å². The summed E-state index contributed by atoms with van der Waals surface area (Å²) >= 11 is 0. The molecule has 1 rings (SSSR count). The summed E-state index contributed by atoms with van der Waals surface area (Å²) in [5.74, 6) is -0.102. The predicted molar refractivity (Wildman–Crippen MR) is 94.6 cm³/mol. The second-order valence-corrected chi connectivity index (χ2v) is 4.69. The molecule has 0 bridgehead atoms. The number of hydrogen-bond donors (Lipinski definition) is 3. The molecule has 0 unspecified atom stereocenters. The van der Waals surface area contributed by atoms with Crippen LogP contribution in [-0.4, -0.2) is 25.1 Å². The fourth-order valence-corrected chi connectivity index (χ4v) is 1.37. The number of amides is 2. The SMILES string of the molecule is CC.CC(C)C(=O)NCCNC(=O)OCc1ccc(N)cc1.[HH].[HH].[HH]. The van der Waals surface area contributed by atoms with Gasteiger partial charge >= 0.3 is 6.09 Å². The maximum absolute atomic E-state index is 11.4. The number of carbonyl (C=O) groups excluding carboxylic acids is 2. The minimum atomic E-state index is -0.513. The van der Waals surface area contributed by atoms with Crippen LogP contribution in [0.3, 0.4) is 0 Å². The van der Waals surface area contributed by atoms with Crippen LogP contribution in [-0.2, 0) is 16.1 Å². The number of nitrogen functional groups attached to an aromatic ring is 1. The number of alkyl carbamates (subject to hydrolysis) is 1. The Bertz CT molecular complexity index is 458. The van der Waals surface area contributed by atoms with E-state index in [1.165, 1.54) is 0 Å². The van der Waals surface area contributed by atoms with Crippen LogP contribution in [0.1, 0.15) is 37.5 Å². The number of nitrogens with two attached hydrogens (primary N) is 1. The Hall–Kier alpha value is -2.24. The van der Waals surface area contributed by atoms with Gasteiger partial charge in [-0.3, -0.25) is 4.79 Å². The minimum absolute atomic E-state index is 0. The van der Waals surface area contributed by atoms with Gasteiger partial charge < -0.3 is 21.1 Å². The molecule has 2 amide bonds. The highest BCUT2D eigenvalue weighted by Gasteiger charge is 2.06. The van der Waals surface area contributed by atoms with Crippen LogP contribution in [0, 0.1) is 5.92 Å². The third-order valence-corrected chi connectivity index (χ3v) is 2.57. The molecule has 0 fully saturated rings.